The molecule has 6 heteroatoms. The van der Waals surface area contributed by atoms with E-state index in [4.69, 9.17) is 4.74 Å². The number of benzene rings is 3. The average Bonchev–Trinajstić information content (AvgIpc) is 3.04. The lowest BCUT2D eigenvalue weighted by atomic mass is 10.0. The Balaban J connectivity index is 1.87. The summed E-state index contributed by atoms with van der Waals surface area (Å²) in [6, 6.07) is 20.7. The molecule has 0 aliphatic heterocycles. The lowest BCUT2D eigenvalue weighted by molar-refractivity contribution is -0.384. The van der Waals surface area contributed by atoms with Crippen LogP contribution in [0.3, 0.4) is 0 Å². The van der Waals surface area contributed by atoms with Gasteiger partial charge in [-0.1, -0.05) is 42.5 Å². The molecule has 0 radical (unpaired) electrons. The van der Waals surface area contributed by atoms with E-state index in [1.54, 1.807) is 19.1 Å². The standard InChI is InChI=1S/C26H24N2O4/c1-4-32-26(29)25-18(3)27(16-21-10-7-9-19-8-5-6-11-23(19)21)17(2)24(25)20-12-14-22(15-13-20)28(30)31/h5-15H,4,16H2,1-3H3. The van der Waals surface area contributed by atoms with Crippen LogP contribution in [0.25, 0.3) is 21.9 Å². The number of nitrogens with zero attached hydrogens (tertiary/aromatic N) is 2. The zero-order chi connectivity index (χ0) is 22.8. The third kappa shape index (κ3) is 3.75. The fourth-order valence-electron chi connectivity index (χ4n) is 4.28. The topological polar surface area (TPSA) is 74.4 Å². The molecule has 0 fully saturated rings. The molecule has 0 saturated carbocycles. The van der Waals surface area contributed by atoms with Crippen LogP contribution in [0.15, 0.2) is 66.7 Å². The van der Waals surface area contributed by atoms with Gasteiger partial charge in [-0.2, -0.15) is 0 Å². The maximum Gasteiger partial charge on any atom is 0.340 e. The molecule has 0 amide bonds. The van der Waals surface area contributed by atoms with Crippen molar-refractivity contribution < 1.29 is 14.5 Å². The van der Waals surface area contributed by atoms with Gasteiger partial charge in [0.25, 0.3) is 5.69 Å². The van der Waals surface area contributed by atoms with E-state index < -0.39 is 10.9 Å². The van der Waals surface area contributed by atoms with Gasteiger partial charge in [-0.15, -0.1) is 0 Å². The van der Waals surface area contributed by atoms with E-state index in [-0.39, 0.29) is 12.3 Å². The van der Waals surface area contributed by atoms with Crippen molar-refractivity contribution in [3.05, 3.63) is 99.4 Å². The lowest BCUT2D eigenvalue weighted by Gasteiger charge is -2.12. The van der Waals surface area contributed by atoms with E-state index in [1.165, 1.54) is 12.1 Å². The molecular formula is C26H24N2O4. The van der Waals surface area contributed by atoms with Gasteiger partial charge in [-0.05, 0) is 54.8 Å². The van der Waals surface area contributed by atoms with Crippen LogP contribution in [-0.2, 0) is 11.3 Å². The van der Waals surface area contributed by atoms with Gasteiger partial charge in [-0.25, -0.2) is 4.79 Å². The third-order valence-electron chi connectivity index (χ3n) is 5.84. The molecule has 0 saturated heterocycles. The van der Waals surface area contributed by atoms with Crippen LogP contribution in [0, 0.1) is 24.0 Å². The van der Waals surface area contributed by atoms with E-state index in [2.05, 4.69) is 28.8 Å². The first-order chi connectivity index (χ1) is 15.4. The first kappa shape index (κ1) is 21.3. The first-order valence-corrected chi connectivity index (χ1v) is 10.5. The van der Waals surface area contributed by atoms with E-state index in [0.29, 0.717) is 12.1 Å². The predicted molar refractivity (Wildman–Crippen MR) is 125 cm³/mol. The van der Waals surface area contributed by atoms with Crippen molar-refractivity contribution in [3.8, 4) is 11.1 Å². The highest BCUT2D eigenvalue weighted by Crippen LogP contribution is 2.35. The summed E-state index contributed by atoms with van der Waals surface area (Å²) in [5.74, 6) is -0.391. The molecule has 0 unspecified atom stereocenters. The lowest BCUT2D eigenvalue weighted by Crippen LogP contribution is -2.09. The second-order valence-corrected chi connectivity index (χ2v) is 7.67. The molecule has 6 nitrogen and oxygen atoms in total. The number of esters is 1. The maximum atomic E-state index is 12.9. The SMILES string of the molecule is CCOC(=O)c1c(-c2ccc([N+](=O)[O-])cc2)c(C)n(Cc2cccc3ccccc23)c1C. The number of non-ortho nitro benzene ring substituents is 1. The quantitative estimate of drug-likeness (QED) is 0.213. The van der Waals surface area contributed by atoms with Crippen LogP contribution in [0.2, 0.25) is 0 Å². The van der Waals surface area contributed by atoms with Crippen LogP contribution in [0.4, 0.5) is 5.69 Å². The summed E-state index contributed by atoms with van der Waals surface area (Å²) in [6.07, 6.45) is 0. The van der Waals surface area contributed by atoms with E-state index in [0.717, 1.165) is 38.9 Å². The number of ether oxygens (including phenoxy) is 1. The molecule has 1 aromatic heterocycles. The highest BCUT2D eigenvalue weighted by molar-refractivity contribution is 6.00. The zero-order valence-electron chi connectivity index (χ0n) is 18.3. The summed E-state index contributed by atoms with van der Waals surface area (Å²) in [5, 5.41) is 13.4. The molecule has 0 aliphatic carbocycles. The van der Waals surface area contributed by atoms with Gasteiger partial charge in [0, 0.05) is 35.6 Å². The highest BCUT2D eigenvalue weighted by Gasteiger charge is 2.25. The molecule has 0 bridgehead atoms. The molecule has 0 atom stereocenters. The number of carbonyl (C=O) groups excluding carboxylic acids is 1. The first-order valence-electron chi connectivity index (χ1n) is 10.5. The molecule has 32 heavy (non-hydrogen) atoms. The van der Waals surface area contributed by atoms with Crippen LogP contribution >= 0.6 is 0 Å². The normalized spacial score (nSPS) is 11.0. The Morgan fingerprint density at radius 2 is 1.66 bits per heavy atom. The van der Waals surface area contributed by atoms with Crippen LogP contribution in [0.5, 0.6) is 0 Å². The van der Waals surface area contributed by atoms with Crippen molar-refractivity contribution >= 4 is 22.4 Å². The number of fused-ring (bicyclic) bond motifs is 1. The fraction of sp³-hybridized carbons (Fsp3) is 0.192. The minimum Gasteiger partial charge on any atom is -0.462 e. The number of carbonyl (C=O) groups is 1. The van der Waals surface area contributed by atoms with Crippen molar-refractivity contribution in [1.29, 1.82) is 0 Å². The minimum absolute atomic E-state index is 0.0102. The second-order valence-electron chi connectivity index (χ2n) is 7.67. The summed E-state index contributed by atoms with van der Waals surface area (Å²) < 4.78 is 7.48. The van der Waals surface area contributed by atoms with Gasteiger partial charge in [0.15, 0.2) is 0 Å². The Morgan fingerprint density at radius 1 is 0.969 bits per heavy atom. The molecule has 0 N–H and O–H groups in total. The van der Waals surface area contributed by atoms with Gasteiger partial charge in [0.05, 0.1) is 17.1 Å². The number of hydrogen-bond acceptors (Lipinski definition) is 4. The molecule has 0 aliphatic rings. The largest absolute Gasteiger partial charge is 0.462 e. The predicted octanol–water partition coefficient (Wildman–Crippen LogP) is 6.06. The molecular weight excluding hydrogens is 404 g/mol. The average molecular weight is 428 g/mol. The van der Waals surface area contributed by atoms with Gasteiger partial charge in [-0.3, -0.25) is 10.1 Å². The van der Waals surface area contributed by atoms with Crippen LogP contribution in [0.1, 0.15) is 34.2 Å². The Morgan fingerprint density at radius 3 is 2.34 bits per heavy atom. The van der Waals surface area contributed by atoms with Crippen molar-refractivity contribution in [3.63, 3.8) is 0 Å². The number of nitro benzene ring substituents is 1. The Hall–Kier alpha value is -3.93. The van der Waals surface area contributed by atoms with Gasteiger partial charge in [0.1, 0.15) is 0 Å². The smallest absolute Gasteiger partial charge is 0.340 e. The molecule has 0 spiro atoms. The van der Waals surface area contributed by atoms with E-state index >= 15 is 0 Å². The van der Waals surface area contributed by atoms with Crippen LogP contribution in [-0.4, -0.2) is 22.1 Å². The van der Waals surface area contributed by atoms with Crippen molar-refractivity contribution in [1.82, 2.24) is 4.57 Å². The maximum absolute atomic E-state index is 12.9. The van der Waals surface area contributed by atoms with E-state index in [1.807, 2.05) is 32.0 Å². The Kier molecular flexibility index (Phi) is 5.77. The summed E-state index contributed by atoms with van der Waals surface area (Å²) in [7, 11) is 0. The third-order valence-corrected chi connectivity index (χ3v) is 5.84. The number of hydrogen-bond donors (Lipinski definition) is 0. The van der Waals surface area contributed by atoms with Crippen molar-refractivity contribution in [2.24, 2.45) is 0 Å². The van der Waals surface area contributed by atoms with E-state index in [9.17, 15) is 14.9 Å². The minimum atomic E-state index is -0.431. The Labute approximate surface area is 186 Å². The van der Waals surface area contributed by atoms with Crippen LogP contribution < -0.4 is 0 Å². The number of nitro groups is 1. The fourth-order valence-corrected chi connectivity index (χ4v) is 4.28. The summed E-state index contributed by atoms with van der Waals surface area (Å²) in [6.45, 7) is 6.53. The van der Waals surface area contributed by atoms with Gasteiger partial charge in [0.2, 0.25) is 0 Å². The number of rotatable bonds is 6. The Bertz CT molecular complexity index is 1310. The van der Waals surface area contributed by atoms with Crippen molar-refractivity contribution in [2.45, 2.75) is 27.3 Å². The highest BCUT2D eigenvalue weighted by atomic mass is 16.6. The summed E-state index contributed by atoms with van der Waals surface area (Å²) >= 11 is 0. The summed E-state index contributed by atoms with van der Waals surface area (Å²) in [5.41, 5.74) is 4.87. The zero-order valence-corrected chi connectivity index (χ0v) is 18.3. The number of aromatic nitrogens is 1. The molecule has 4 aromatic rings. The molecule has 1 heterocycles. The van der Waals surface area contributed by atoms with Gasteiger partial charge >= 0.3 is 5.97 Å². The summed E-state index contributed by atoms with van der Waals surface area (Å²) in [4.78, 5) is 23.6. The van der Waals surface area contributed by atoms with Crippen molar-refractivity contribution in [2.75, 3.05) is 6.61 Å². The van der Waals surface area contributed by atoms with Gasteiger partial charge < -0.3 is 9.30 Å². The molecule has 162 valence electrons. The molecule has 4 rings (SSSR count). The molecule has 3 aromatic carbocycles. The second kappa shape index (κ2) is 8.67. The monoisotopic (exact) mass is 428 g/mol.